The number of methoxy groups -OCH3 is 1. The first kappa shape index (κ1) is 10.9. The molecule has 1 aromatic carbocycles. The van der Waals surface area contributed by atoms with Gasteiger partial charge < -0.3 is 10.1 Å². The van der Waals surface area contributed by atoms with E-state index in [0.717, 1.165) is 11.4 Å². The molecule has 78 valence electrons. The van der Waals surface area contributed by atoms with Crippen molar-refractivity contribution in [1.29, 1.82) is 0 Å². The van der Waals surface area contributed by atoms with Gasteiger partial charge in [-0.05, 0) is 44.9 Å². The Labute approximate surface area is 86.3 Å². The lowest BCUT2D eigenvalue weighted by Gasteiger charge is -2.17. The lowest BCUT2D eigenvalue weighted by atomic mass is 10.1. The highest BCUT2D eigenvalue weighted by Crippen LogP contribution is 2.30. The van der Waals surface area contributed by atoms with Crippen LogP contribution in [0, 0.1) is 13.8 Å². The first-order valence-corrected chi connectivity index (χ1v) is 4.96. The minimum Gasteiger partial charge on any atom is -0.495 e. The Morgan fingerprint density at radius 2 is 1.86 bits per heavy atom. The Morgan fingerprint density at radius 3 is 2.36 bits per heavy atom. The van der Waals surface area contributed by atoms with Gasteiger partial charge in [0, 0.05) is 6.04 Å². The van der Waals surface area contributed by atoms with Crippen LogP contribution >= 0.6 is 0 Å². The number of anilines is 1. The lowest BCUT2D eigenvalue weighted by molar-refractivity contribution is 0.415. The minimum absolute atomic E-state index is 0.422. The van der Waals surface area contributed by atoms with Crippen molar-refractivity contribution in [3.8, 4) is 5.75 Å². The summed E-state index contributed by atoms with van der Waals surface area (Å²) in [5.41, 5.74) is 3.57. The summed E-state index contributed by atoms with van der Waals surface area (Å²) in [6.45, 7) is 8.42. The fourth-order valence-corrected chi connectivity index (χ4v) is 1.56. The third kappa shape index (κ3) is 2.41. The van der Waals surface area contributed by atoms with E-state index in [1.54, 1.807) is 7.11 Å². The number of aryl methyl sites for hydroxylation is 2. The molecular weight excluding hydrogens is 174 g/mol. The fourth-order valence-electron chi connectivity index (χ4n) is 1.56. The second-order valence-corrected chi connectivity index (χ2v) is 3.96. The summed E-state index contributed by atoms with van der Waals surface area (Å²) in [4.78, 5) is 0. The molecule has 0 heterocycles. The van der Waals surface area contributed by atoms with E-state index in [1.165, 1.54) is 11.1 Å². The zero-order chi connectivity index (χ0) is 10.7. The molecule has 0 aliphatic carbocycles. The molecule has 0 amide bonds. The van der Waals surface area contributed by atoms with Crippen LogP contribution in [0.3, 0.4) is 0 Å². The normalized spacial score (nSPS) is 10.4. The van der Waals surface area contributed by atoms with Gasteiger partial charge in [0.1, 0.15) is 5.75 Å². The van der Waals surface area contributed by atoms with E-state index in [-0.39, 0.29) is 0 Å². The Kier molecular flexibility index (Phi) is 3.39. The van der Waals surface area contributed by atoms with Gasteiger partial charge in [0.05, 0.1) is 12.8 Å². The van der Waals surface area contributed by atoms with Crippen molar-refractivity contribution in [3.63, 3.8) is 0 Å². The standard InChI is InChI=1S/C12H19NO/c1-8(2)13-12-10(4)6-9(3)7-11(12)14-5/h6-8,13H,1-5H3. The molecule has 0 fully saturated rings. The molecule has 0 atom stereocenters. The lowest BCUT2D eigenvalue weighted by Crippen LogP contribution is -2.12. The molecule has 0 saturated carbocycles. The molecule has 14 heavy (non-hydrogen) atoms. The van der Waals surface area contributed by atoms with Crippen LogP contribution < -0.4 is 10.1 Å². The monoisotopic (exact) mass is 193 g/mol. The minimum atomic E-state index is 0.422. The maximum absolute atomic E-state index is 5.35. The molecule has 0 radical (unpaired) electrons. The quantitative estimate of drug-likeness (QED) is 0.796. The number of nitrogens with one attached hydrogen (secondary N) is 1. The van der Waals surface area contributed by atoms with Crippen LogP contribution in [0.4, 0.5) is 5.69 Å². The first-order chi connectivity index (χ1) is 6.54. The van der Waals surface area contributed by atoms with Gasteiger partial charge in [-0.3, -0.25) is 0 Å². The van der Waals surface area contributed by atoms with E-state index < -0.39 is 0 Å². The van der Waals surface area contributed by atoms with E-state index in [0.29, 0.717) is 6.04 Å². The molecule has 1 rings (SSSR count). The van der Waals surface area contributed by atoms with Crippen LogP contribution in [0.1, 0.15) is 25.0 Å². The maximum Gasteiger partial charge on any atom is 0.142 e. The van der Waals surface area contributed by atoms with Crippen molar-refractivity contribution in [2.45, 2.75) is 33.7 Å². The Bertz CT molecular complexity index is 318. The molecule has 0 aliphatic heterocycles. The smallest absolute Gasteiger partial charge is 0.142 e. The molecule has 0 spiro atoms. The Morgan fingerprint density at radius 1 is 1.21 bits per heavy atom. The van der Waals surface area contributed by atoms with Gasteiger partial charge in [-0.1, -0.05) is 6.07 Å². The Balaban J connectivity index is 3.11. The summed E-state index contributed by atoms with van der Waals surface area (Å²) < 4.78 is 5.35. The van der Waals surface area contributed by atoms with Gasteiger partial charge in [0.2, 0.25) is 0 Å². The molecule has 1 aromatic rings. The van der Waals surface area contributed by atoms with Gasteiger partial charge in [-0.25, -0.2) is 0 Å². The largest absolute Gasteiger partial charge is 0.495 e. The van der Waals surface area contributed by atoms with Crippen LogP contribution in [-0.4, -0.2) is 13.2 Å². The number of benzene rings is 1. The predicted octanol–water partition coefficient (Wildman–Crippen LogP) is 3.13. The molecule has 0 aromatic heterocycles. The maximum atomic E-state index is 5.35. The summed E-state index contributed by atoms with van der Waals surface area (Å²) in [6.07, 6.45) is 0. The summed E-state index contributed by atoms with van der Waals surface area (Å²) in [6, 6.07) is 4.63. The molecule has 0 bridgehead atoms. The zero-order valence-corrected chi connectivity index (χ0v) is 9.64. The molecular formula is C12H19NO. The van der Waals surface area contributed by atoms with E-state index in [9.17, 15) is 0 Å². The number of hydrogen-bond acceptors (Lipinski definition) is 2. The van der Waals surface area contributed by atoms with Gasteiger partial charge in [-0.2, -0.15) is 0 Å². The van der Waals surface area contributed by atoms with Crippen LogP contribution in [0.2, 0.25) is 0 Å². The highest BCUT2D eigenvalue weighted by Gasteiger charge is 2.07. The van der Waals surface area contributed by atoms with E-state index >= 15 is 0 Å². The van der Waals surface area contributed by atoms with Crippen molar-refractivity contribution in [2.24, 2.45) is 0 Å². The van der Waals surface area contributed by atoms with E-state index in [4.69, 9.17) is 4.74 Å². The fraction of sp³-hybridized carbons (Fsp3) is 0.500. The predicted molar refractivity (Wildman–Crippen MR) is 61.2 cm³/mol. The van der Waals surface area contributed by atoms with Crippen molar-refractivity contribution < 1.29 is 4.74 Å². The van der Waals surface area contributed by atoms with Crippen LogP contribution in [0.15, 0.2) is 12.1 Å². The van der Waals surface area contributed by atoms with Crippen LogP contribution in [-0.2, 0) is 0 Å². The summed E-state index contributed by atoms with van der Waals surface area (Å²) in [5.74, 6) is 0.927. The third-order valence-corrected chi connectivity index (χ3v) is 2.10. The summed E-state index contributed by atoms with van der Waals surface area (Å²) >= 11 is 0. The highest BCUT2D eigenvalue weighted by atomic mass is 16.5. The molecule has 1 N–H and O–H groups in total. The van der Waals surface area contributed by atoms with Gasteiger partial charge in [0.25, 0.3) is 0 Å². The van der Waals surface area contributed by atoms with E-state index in [2.05, 4.69) is 45.1 Å². The number of ether oxygens (including phenoxy) is 1. The highest BCUT2D eigenvalue weighted by molar-refractivity contribution is 5.63. The van der Waals surface area contributed by atoms with Gasteiger partial charge in [0.15, 0.2) is 0 Å². The van der Waals surface area contributed by atoms with Crippen molar-refractivity contribution >= 4 is 5.69 Å². The third-order valence-electron chi connectivity index (χ3n) is 2.10. The average molecular weight is 193 g/mol. The molecule has 0 saturated heterocycles. The van der Waals surface area contributed by atoms with Gasteiger partial charge in [-0.15, -0.1) is 0 Å². The van der Waals surface area contributed by atoms with Crippen LogP contribution in [0.25, 0.3) is 0 Å². The van der Waals surface area contributed by atoms with Gasteiger partial charge >= 0.3 is 0 Å². The first-order valence-electron chi connectivity index (χ1n) is 4.96. The topological polar surface area (TPSA) is 21.3 Å². The Hall–Kier alpha value is -1.18. The van der Waals surface area contributed by atoms with Crippen molar-refractivity contribution in [2.75, 3.05) is 12.4 Å². The molecule has 0 aliphatic rings. The van der Waals surface area contributed by atoms with Crippen molar-refractivity contribution in [1.82, 2.24) is 0 Å². The number of hydrogen-bond donors (Lipinski definition) is 1. The van der Waals surface area contributed by atoms with E-state index in [1.807, 2.05) is 0 Å². The number of rotatable bonds is 3. The molecule has 0 unspecified atom stereocenters. The zero-order valence-electron chi connectivity index (χ0n) is 9.64. The second kappa shape index (κ2) is 4.36. The molecule has 2 heteroatoms. The second-order valence-electron chi connectivity index (χ2n) is 3.96. The SMILES string of the molecule is COc1cc(C)cc(C)c1NC(C)C. The van der Waals surface area contributed by atoms with Crippen LogP contribution in [0.5, 0.6) is 5.75 Å². The summed E-state index contributed by atoms with van der Waals surface area (Å²) in [5, 5.41) is 3.39. The summed E-state index contributed by atoms with van der Waals surface area (Å²) in [7, 11) is 1.71. The molecule has 2 nitrogen and oxygen atoms in total. The van der Waals surface area contributed by atoms with Crippen molar-refractivity contribution in [3.05, 3.63) is 23.3 Å². The average Bonchev–Trinajstić information content (AvgIpc) is 2.08.